The molecule has 1 saturated carbocycles. The maximum Gasteiger partial charge on any atom is 0.297 e. The summed E-state index contributed by atoms with van der Waals surface area (Å²) >= 11 is 24.4. The summed E-state index contributed by atoms with van der Waals surface area (Å²) in [5, 5.41) is 16.6. The summed E-state index contributed by atoms with van der Waals surface area (Å²) in [6.45, 7) is 3.24. The zero-order chi connectivity index (χ0) is 22.2. The smallest absolute Gasteiger partial charge is 0.297 e. The third-order valence-electron chi connectivity index (χ3n) is 4.99. The molecule has 1 aliphatic carbocycles. The van der Waals surface area contributed by atoms with E-state index in [0.29, 0.717) is 29.2 Å². The van der Waals surface area contributed by atoms with Crippen molar-refractivity contribution in [3.05, 3.63) is 45.9 Å². The van der Waals surface area contributed by atoms with Crippen molar-refractivity contribution in [1.82, 2.24) is 14.1 Å². The lowest BCUT2D eigenvalue weighted by molar-refractivity contribution is 0.00721. The van der Waals surface area contributed by atoms with Gasteiger partial charge in [0.1, 0.15) is 11.9 Å². The zero-order valence-electron chi connectivity index (χ0n) is 17.1. The van der Waals surface area contributed by atoms with E-state index in [1.165, 1.54) is 6.33 Å². The largest absolute Gasteiger partial charge is 0.386 e. The second-order valence-corrected chi connectivity index (χ2v) is 12.4. The molecule has 174 valence electrons. The lowest BCUT2D eigenvalue weighted by Gasteiger charge is -2.33. The summed E-state index contributed by atoms with van der Waals surface area (Å²) < 4.78 is 15.2. The first-order chi connectivity index (χ1) is 14.0. The van der Waals surface area contributed by atoms with Crippen LogP contribution in [0.25, 0.3) is 0 Å². The van der Waals surface area contributed by atoms with E-state index >= 15 is 0 Å². The predicted molar refractivity (Wildman–Crippen MR) is 133 cm³/mol. The molecule has 11 heteroatoms. The number of nitrogens with zero attached hydrogens (tertiary/aromatic N) is 3. The number of rotatable bonds is 10. The Balaban J connectivity index is 0.00000341. The third kappa shape index (κ3) is 5.79. The van der Waals surface area contributed by atoms with Gasteiger partial charge in [-0.1, -0.05) is 37.2 Å². The molecule has 0 amide bonds. The highest BCUT2D eigenvalue weighted by Gasteiger charge is 2.58. The Labute approximate surface area is 204 Å². The molecule has 6 nitrogen and oxygen atoms in total. The molecule has 1 aliphatic rings. The van der Waals surface area contributed by atoms with Crippen LogP contribution in [-0.2, 0) is 33.8 Å². The molecule has 3 rings (SSSR count). The van der Waals surface area contributed by atoms with E-state index in [1.54, 1.807) is 15.1 Å². The van der Waals surface area contributed by atoms with Crippen LogP contribution < -0.4 is 0 Å². The quantitative estimate of drug-likeness (QED) is 0.233. The van der Waals surface area contributed by atoms with Crippen LogP contribution in [0.5, 0.6) is 0 Å². The van der Waals surface area contributed by atoms with Crippen LogP contribution in [0, 0.1) is 4.77 Å². The minimum Gasteiger partial charge on any atom is -0.386 e. The van der Waals surface area contributed by atoms with Crippen LogP contribution in [0.1, 0.15) is 46.6 Å². The molecule has 1 aromatic heterocycles. The summed E-state index contributed by atoms with van der Waals surface area (Å²) in [6, 6.07) is 7.43. The minimum atomic E-state index is -2.88. The molecular weight excluding hydrogens is 496 g/mol. The van der Waals surface area contributed by atoms with Crippen molar-refractivity contribution in [2.75, 3.05) is 6.61 Å². The highest BCUT2D eigenvalue weighted by atomic mass is 35.5. The fourth-order valence-electron chi connectivity index (χ4n) is 3.31. The predicted octanol–water partition coefficient (Wildman–Crippen LogP) is 5.98. The van der Waals surface area contributed by atoms with Gasteiger partial charge in [-0.05, 0) is 69.3 Å². The van der Waals surface area contributed by atoms with Gasteiger partial charge in [-0.15, -0.1) is 11.6 Å². The highest BCUT2D eigenvalue weighted by molar-refractivity contribution is 8.09. The number of aromatic nitrogens is 3. The normalized spacial score (nSPS) is 18.8. The van der Waals surface area contributed by atoms with Gasteiger partial charge in [-0.2, -0.15) is 5.10 Å². The maximum atomic E-state index is 11.6. The first-order valence-electron chi connectivity index (χ1n) is 9.76. The number of benzene rings is 1. The first-order valence-corrected chi connectivity index (χ1v) is 13.5. The maximum absolute atomic E-state index is 11.6. The number of hydrogen-bond donors (Lipinski definition) is 1. The van der Waals surface area contributed by atoms with Crippen molar-refractivity contribution in [2.45, 2.75) is 70.6 Å². The summed E-state index contributed by atoms with van der Waals surface area (Å²) in [7, 11) is 0. The van der Waals surface area contributed by atoms with E-state index < -0.39 is 17.1 Å². The van der Waals surface area contributed by atoms with Gasteiger partial charge < -0.3 is 14.2 Å². The van der Waals surface area contributed by atoms with E-state index in [9.17, 15) is 5.11 Å². The molecule has 2 atom stereocenters. The van der Waals surface area contributed by atoms with Gasteiger partial charge in [0, 0.05) is 11.4 Å². The van der Waals surface area contributed by atoms with Gasteiger partial charge in [0.05, 0.1) is 24.1 Å². The average molecular weight is 526 g/mol. The van der Waals surface area contributed by atoms with Crippen molar-refractivity contribution in [2.24, 2.45) is 0 Å². The van der Waals surface area contributed by atoms with Crippen molar-refractivity contribution in [3.63, 3.8) is 0 Å². The topological polar surface area (TPSA) is 61.4 Å². The van der Waals surface area contributed by atoms with E-state index in [2.05, 4.69) is 5.10 Å². The Morgan fingerprint density at radius 2 is 2.00 bits per heavy atom. The van der Waals surface area contributed by atoms with Crippen molar-refractivity contribution < 1.29 is 14.2 Å². The van der Waals surface area contributed by atoms with Gasteiger partial charge in [0.15, 0.2) is 0 Å². The molecule has 1 fully saturated rings. The molecule has 1 aromatic carbocycles. The first kappa shape index (κ1) is 26.9. The lowest BCUT2D eigenvalue weighted by Crippen LogP contribution is -2.47. The van der Waals surface area contributed by atoms with Crippen molar-refractivity contribution in [1.29, 1.82) is 0 Å². The molecule has 0 saturated heterocycles. The summed E-state index contributed by atoms with van der Waals surface area (Å²) in [5.41, 5.74) is -0.466. The summed E-state index contributed by atoms with van der Waals surface area (Å²) in [6.07, 6.45) is 3.08. The Bertz CT molecular complexity index is 1010. The molecule has 2 unspecified atom stereocenters. The van der Waals surface area contributed by atoms with Gasteiger partial charge in [-0.3, -0.25) is 0 Å². The minimum absolute atomic E-state index is 0. The Hall–Kier alpha value is -0.310. The molecule has 0 radical (unpaired) electrons. The van der Waals surface area contributed by atoms with Crippen LogP contribution in [0.4, 0.5) is 0 Å². The molecule has 0 spiro atoms. The van der Waals surface area contributed by atoms with Gasteiger partial charge in [-0.25, -0.2) is 9.02 Å². The fraction of sp³-hybridized carbons (Fsp3) is 0.600. The molecule has 1 N–H and O–H groups in total. The van der Waals surface area contributed by atoms with Crippen molar-refractivity contribution in [3.8, 4) is 0 Å². The second kappa shape index (κ2) is 10.3. The van der Waals surface area contributed by atoms with Crippen molar-refractivity contribution >= 4 is 53.9 Å². The average Bonchev–Trinajstić information content (AvgIpc) is 3.31. The molecule has 0 bridgehead atoms. The molecule has 2 aromatic rings. The van der Waals surface area contributed by atoms with Crippen LogP contribution in [0.15, 0.2) is 30.6 Å². The van der Waals surface area contributed by atoms with Crippen LogP contribution in [-0.4, -0.2) is 42.4 Å². The van der Waals surface area contributed by atoms with Crippen LogP contribution >= 0.6 is 42.1 Å². The van der Waals surface area contributed by atoms with Gasteiger partial charge in [0.25, 0.3) is 6.64 Å². The highest BCUT2D eigenvalue weighted by Crippen LogP contribution is 2.54. The Morgan fingerprint density at radius 3 is 2.55 bits per heavy atom. The lowest BCUT2D eigenvalue weighted by atomic mass is 9.89. The Morgan fingerprint density at radius 1 is 1.35 bits per heavy atom. The molecule has 0 aliphatic heterocycles. The monoisotopic (exact) mass is 525 g/mol. The SMILES string of the molecule is C.CCOP(=S)(OC(C)C)n1cnn(CC(O)(Cc2ccccc2Cl)C2(Cl)CC2)c1=S. The van der Waals surface area contributed by atoms with Crippen LogP contribution in [0.2, 0.25) is 5.02 Å². The number of hydrogen-bond acceptors (Lipinski definition) is 6. The van der Waals surface area contributed by atoms with Gasteiger partial charge in [0.2, 0.25) is 4.77 Å². The van der Waals surface area contributed by atoms with E-state index in [0.717, 1.165) is 5.56 Å². The van der Waals surface area contributed by atoms with Crippen LogP contribution in [0.3, 0.4) is 0 Å². The molecule has 31 heavy (non-hydrogen) atoms. The molecule has 1 heterocycles. The summed E-state index contributed by atoms with van der Waals surface area (Å²) in [4.78, 5) is -0.751. The third-order valence-corrected chi connectivity index (χ3v) is 9.83. The second-order valence-electron chi connectivity index (χ2n) is 7.72. The Kier molecular flexibility index (Phi) is 8.96. The number of alkyl halides is 1. The number of aliphatic hydroxyl groups is 1. The molecular formula is C20H30Cl2N3O3PS2. The van der Waals surface area contributed by atoms with E-state index in [1.807, 2.05) is 39.0 Å². The number of halogens is 2. The standard InChI is InChI=1S/C19H26Cl2N3O3PS2.CH4/c1-4-26-28(30,27-14(2)3)24-13-22-23(17(24)29)12-19(25,18(21)9-10-18)11-15-7-5-6-8-16(15)20;/h5-8,13-14,25H,4,9-12H2,1-3H3;1H4. The zero-order valence-corrected chi connectivity index (χ0v) is 21.2. The van der Waals surface area contributed by atoms with Gasteiger partial charge >= 0.3 is 0 Å². The van der Waals surface area contributed by atoms with E-state index in [-0.39, 0.29) is 26.5 Å². The van der Waals surface area contributed by atoms with E-state index in [4.69, 9.17) is 56.3 Å². The fourth-order valence-corrected chi connectivity index (χ4v) is 7.20. The summed E-state index contributed by atoms with van der Waals surface area (Å²) in [5.74, 6) is 0.